The molecule has 1 aliphatic rings. The molecule has 2 heterocycles. The van der Waals surface area contributed by atoms with Crippen LogP contribution in [0.15, 0.2) is 46.8 Å². The zero-order chi connectivity index (χ0) is 25.3. The minimum absolute atomic E-state index is 0.0295. The van der Waals surface area contributed by atoms with Crippen LogP contribution in [0.3, 0.4) is 0 Å². The maximum Gasteiger partial charge on any atom is 0.274 e. The van der Waals surface area contributed by atoms with Gasteiger partial charge in [0.1, 0.15) is 10.5 Å². The molecule has 35 heavy (non-hydrogen) atoms. The van der Waals surface area contributed by atoms with Crippen molar-refractivity contribution < 1.29 is 19.7 Å². The number of phenols is 2. The molecule has 3 N–H and O–H groups in total. The van der Waals surface area contributed by atoms with Gasteiger partial charge in [-0.15, -0.1) is 11.3 Å². The molecular weight excluding hydrogens is 468 g/mol. The van der Waals surface area contributed by atoms with Gasteiger partial charge in [0.25, 0.3) is 5.56 Å². The lowest BCUT2D eigenvalue weighted by Crippen LogP contribution is -2.39. The van der Waals surface area contributed by atoms with Gasteiger partial charge in [-0.2, -0.15) is 10.5 Å². The summed E-state index contributed by atoms with van der Waals surface area (Å²) in [5, 5.41) is 43.0. The molecule has 1 unspecified atom stereocenters. The molecule has 0 saturated heterocycles. The fraction of sp³-hybridized carbons (Fsp3) is 0.160. The van der Waals surface area contributed by atoms with Crippen LogP contribution in [-0.2, 0) is 0 Å². The number of rotatable bonds is 5. The lowest BCUT2D eigenvalue weighted by molar-refractivity contribution is 0.373. The van der Waals surface area contributed by atoms with Crippen LogP contribution >= 0.6 is 11.3 Å². The third kappa shape index (κ3) is 3.86. The third-order valence-electron chi connectivity index (χ3n) is 5.63. The van der Waals surface area contributed by atoms with Crippen LogP contribution < -0.4 is 29.5 Å². The molecule has 0 bridgehead atoms. The van der Waals surface area contributed by atoms with Crippen LogP contribution in [0.5, 0.6) is 23.0 Å². The molecule has 2 aromatic carbocycles. The number of benzene rings is 2. The number of nitrogens with one attached hydrogen (secondary N) is 1. The van der Waals surface area contributed by atoms with Crippen LogP contribution in [0.2, 0.25) is 0 Å². The van der Waals surface area contributed by atoms with E-state index in [0.29, 0.717) is 20.3 Å². The van der Waals surface area contributed by atoms with Gasteiger partial charge in [0.15, 0.2) is 23.0 Å². The summed E-state index contributed by atoms with van der Waals surface area (Å²) >= 11 is 1.12. The number of hydrogen-bond acceptors (Lipinski definition) is 9. The number of phenolic OH excluding ortho intramolecular Hbond substituents is 2. The lowest BCUT2D eigenvalue weighted by Gasteiger charge is -2.24. The second kappa shape index (κ2) is 9.29. The second-order valence-electron chi connectivity index (χ2n) is 7.50. The highest BCUT2D eigenvalue weighted by molar-refractivity contribution is 7.07. The summed E-state index contributed by atoms with van der Waals surface area (Å²) in [6, 6.07) is 13.6. The maximum absolute atomic E-state index is 13.4. The molecule has 176 valence electrons. The molecule has 1 aliphatic heterocycles. The van der Waals surface area contributed by atoms with Crippen molar-refractivity contribution >= 4 is 28.8 Å². The van der Waals surface area contributed by atoms with E-state index < -0.39 is 11.5 Å². The first-order valence-electron chi connectivity index (χ1n) is 10.3. The van der Waals surface area contributed by atoms with Crippen molar-refractivity contribution in [2.75, 3.05) is 21.3 Å². The Morgan fingerprint density at radius 2 is 1.66 bits per heavy atom. The van der Waals surface area contributed by atoms with Gasteiger partial charge in [-0.1, -0.05) is 12.1 Å². The van der Waals surface area contributed by atoms with Crippen molar-refractivity contribution in [3.63, 3.8) is 0 Å². The summed E-state index contributed by atoms with van der Waals surface area (Å²) in [6.07, 6.45) is 1.63. The van der Waals surface area contributed by atoms with Crippen LogP contribution in [0.25, 0.3) is 17.5 Å². The van der Waals surface area contributed by atoms with Gasteiger partial charge in [0, 0.05) is 7.05 Å². The Balaban J connectivity index is 2.05. The Bertz CT molecular complexity index is 1640. The molecule has 0 fully saturated rings. The van der Waals surface area contributed by atoms with Gasteiger partial charge in [0.05, 0.1) is 48.0 Å². The minimum Gasteiger partial charge on any atom is -0.504 e. The van der Waals surface area contributed by atoms with Gasteiger partial charge in [0.2, 0.25) is 0 Å². The normalized spacial score (nSPS) is 15.3. The van der Waals surface area contributed by atoms with Crippen molar-refractivity contribution in [2.45, 2.75) is 5.92 Å². The standard InChI is InChI=1S/C25H20N4O5S/c1-28-23-15(11-26)22(14-5-7-18(31)20(10-14)34-3)16(12-27)25-29(23)24(32)21(35-25)9-13-4-6-17(30)19(8-13)33-2/h4-10,22,28,30-31H,1-3H3/b21-9-. The number of nitriles is 2. The monoisotopic (exact) mass is 488 g/mol. The minimum atomic E-state index is -0.776. The number of aromatic hydroxyl groups is 2. The highest BCUT2D eigenvalue weighted by Gasteiger charge is 2.33. The SMILES string of the molecule is CNC1=C(C#N)C(c2ccc(O)c(OC)c2)C(C#N)=c2s/c(=C\c3ccc(O)c(OC)c3)c(=O)n21. The summed E-state index contributed by atoms with van der Waals surface area (Å²) in [5.41, 5.74) is 1.18. The van der Waals surface area contributed by atoms with Gasteiger partial charge < -0.3 is 25.0 Å². The van der Waals surface area contributed by atoms with Crippen molar-refractivity contribution in [2.24, 2.45) is 0 Å². The van der Waals surface area contributed by atoms with E-state index in [-0.39, 0.29) is 40.0 Å². The summed E-state index contributed by atoms with van der Waals surface area (Å²) in [6.45, 7) is 0. The lowest BCUT2D eigenvalue weighted by atomic mass is 9.84. The van der Waals surface area contributed by atoms with E-state index in [9.17, 15) is 25.5 Å². The number of thiazole rings is 1. The van der Waals surface area contributed by atoms with Crippen LogP contribution in [0.4, 0.5) is 0 Å². The topological polar surface area (TPSA) is 141 Å². The predicted molar refractivity (Wildman–Crippen MR) is 130 cm³/mol. The number of ether oxygens (including phenoxy) is 2. The highest BCUT2D eigenvalue weighted by atomic mass is 32.1. The van der Waals surface area contributed by atoms with E-state index in [0.717, 1.165) is 11.3 Å². The smallest absolute Gasteiger partial charge is 0.274 e. The maximum atomic E-state index is 13.4. The van der Waals surface area contributed by atoms with Crippen molar-refractivity contribution in [3.8, 4) is 35.1 Å². The fourth-order valence-corrected chi connectivity index (χ4v) is 5.13. The third-order valence-corrected chi connectivity index (χ3v) is 6.73. The number of aromatic nitrogens is 1. The molecule has 4 rings (SSSR count). The van der Waals surface area contributed by atoms with E-state index in [4.69, 9.17) is 9.47 Å². The van der Waals surface area contributed by atoms with E-state index in [1.54, 1.807) is 37.4 Å². The molecule has 0 aliphatic carbocycles. The number of nitrogens with zero attached hydrogens (tertiary/aromatic N) is 3. The fourth-order valence-electron chi connectivity index (χ4n) is 4.01. The molecule has 0 spiro atoms. The Kier molecular flexibility index (Phi) is 6.24. The molecule has 1 atom stereocenters. The molecule has 1 aromatic heterocycles. The zero-order valence-corrected chi connectivity index (χ0v) is 19.8. The van der Waals surface area contributed by atoms with Crippen molar-refractivity contribution in [1.29, 1.82) is 10.5 Å². The molecule has 9 nitrogen and oxygen atoms in total. The Morgan fingerprint density at radius 1 is 1.03 bits per heavy atom. The number of hydrogen-bond donors (Lipinski definition) is 3. The highest BCUT2D eigenvalue weighted by Crippen LogP contribution is 2.39. The van der Waals surface area contributed by atoms with E-state index in [1.807, 2.05) is 0 Å². The molecule has 3 aromatic rings. The first-order chi connectivity index (χ1) is 16.9. The summed E-state index contributed by atoms with van der Waals surface area (Å²) in [5.74, 6) is -0.153. The summed E-state index contributed by atoms with van der Waals surface area (Å²) in [7, 11) is 4.43. The molecule has 0 radical (unpaired) electrons. The van der Waals surface area contributed by atoms with E-state index >= 15 is 0 Å². The Labute approximate surface area is 204 Å². The largest absolute Gasteiger partial charge is 0.504 e. The summed E-state index contributed by atoms with van der Waals surface area (Å²) < 4.78 is 12.4. The van der Waals surface area contributed by atoms with E-state index in [2.05, 4.69) is 17.5 Å². The van der Waals surface area contributed by atoms with Crippen LogP contribution in [0.1, 0.15) is 17.0 Å². The average Bonchev–Trinajstić information content (AvgIpc) is 3.19. The van der Waals surface area contributed by atoms with Crippen LogP contribution in [-0.4, -0.2) is 36.0 Å². The Hall–Kier alpha value is -4.67. The van der Waals surface area contributed by atoms with Gasteiger partial charge in [-0.05, 0) is 41.5 Å². The van der Waals surface area contributed by atoms with Gasteiger partial charge in [-0.3, -0.25) is 9.36 Å². The van der Waals surface area contributed by atoms with Gasteiger partial charge in [-0.25, -0.2) is 0 Å². The first-order valence-corrected chi connectivity index (χ1v) is 11.1. The Morgan fingerprint density at radius 3 is 2.26 bits per heavy atom. The predicted octanol–water partition coefficient (Wildman–Crippen LogP) is 1.55. The number of fused-ring (bicyclic) bond motifs is 1. The molecule has 10 heteroatoms. The van der Waals surface area contributed by atoms with E-state index in [1.165, 1.54) is 30.9 Å². The summed E-state index contributed by atoms with van der Waals surface area (Å²) in [4.78, 5) is 13.4. The second-order valence-corrected chi connectivity index (χ2v) is 8.53. The number of methoxy groups -OCH3 is 2. The number of allylic oxidation sites excluding steroid dienone is 1. The quantitative estimate of drug-likeness (QED) is 0.491. The van der Waals surface area contributed by atoms with Crippen molar-refractivity contribution in [1.82, 2.24) is 9.88 Å². The molecule has 0 saturated carbocycles. The van der Waals surface area contributed by atoms with Crippen LogP contribution in [0, 0.1) is 22.7 Å². The van der Waals surface area contributed by atoms with Gasteiger partial charge >= 0.3 is 0 Å². The first kappa shape index (κ1) is 23.5. The zero-order valence-electron chi connectivity index (χ0n) is 19.0. The average molecular weight is 489 g/mol. The van der Waals surface area contributed by atoms with Crippen molar-refractivity contribution in [3.05, 3.63) is 72.6 Å². The molecular formula is C25H20N4O5S. The molecule has 0 amide bonds.